The molecule has 1 heterocycles. The van der Waals surface area contributed by atoms with Crippen LogP contribution in [0.1, 0.15) is 35.0 Å². The average molecular weight is 308 g/mol. The third kappa shape index (κ3) is 3.66. The van der Waals surface area contributed by atoms with Crippen LogP contribution < -0.4 is 5.32 Å². The largest absolute Gasteiger partial charge is 0.342 e. The van der Waals surface area contributed by atoms with Crippen molar-refractivity contribution in [3.05, 3.63) is 41.5 Å². The number of aromatic amines is 1. The fourth-order valence-electron chi connectivity index (χ4n) is 1.75. The van der Waals surface area contributed by atoms with Gasteiger partial charge in [0.05, 0.1) is 10.9 Å². The summed E-state index contributed by atoms with van der Waals surface area (Å²) < 4.78 is 22.7. The van der Waals surface area contributed by atoms with Crippen molar-refractivity contribution in [1.82, 2.24) is 20.5 Å². The normalized spacial score (nSPS) is 12.9. The lowest BCUT2D eigenvalue weighted by atomic mass is 10.2. The Bertz CT molecular complexity index is 750. The average Bonchev–Trinajstić information content (AvgIpc) is 2.84. The van der Waals surface area contributed by atoms with E-state index in [1.807, 2.05) is 0 Å². The van der Waals surface area contributed by atoms with Crippen molar-refractivity contribution in [3.63, 3.8) is 0 Å². The topological polar surface area (TPSA) is 105 Å². The summed E-state index contributed by atoms with van der Waals surface area (Å²) in [6.45, 7) is 3.54. The Morgan fingerprint density at radius 1 is 1.29 bits per heavy atom. The molecule has 0 aliphatic rings. The first kappa shape index (κ1) is 15.2. The van der Waals surface area contributed by atoms with E-state index in [0.717, 1.165) is 6.26 Å². The van der Waals surface area contributed by atoms with Crippen LogP contribution in [0.15, 0.2) is 29.2 Å². The number of nitrogens with one attached hydrogen (secondary N) is 2. The van der Waals surface area contributed by atoms with E-state index in [1.54, 1.807) is 13.8 Å². The number of hydrogen-bond donors (Lipinski definition) is 2. The lowest BCUT2D eigenvalue weighted by molar-refractivity contribution is 0.0938. The van der Waals surface area contributed by atoms with Crippen LogP contribution >= 0.6 is 0 Å². The number of aryl methyl sites for hydroxylation is 1. The number of hydrogen-bond acceptors (Lipinski definition) is 5. The number of carbonyl (C=O) groups is 1. The summed E-state index contributed by atoms with van der Waals surface area (Å²) >= 11 is 0. The molecule has 1 aromatic carbocycles. The van der Waals surface area contributed by atoms with Crippen LogP contribution in [-0.4, -0.2) is 35.8 Å². The van der Waals surface area contributed by atoms with Gasteiger partial charge in [0.15, 0.2) is 15.7 Å². The highest BCUT2D eigenvalue weighted by Gasteiger charge is 2.15. The van der Waals surface area contributed by atoms with Crippen LogP contribution in [0.5, 0.6) is 0 Å². The molecule has 0 saturated heterocycles. The standard InChI is InChI=1S/C13H16N4O3S/c1-8(12-15-9(2)16-17-12)14-13(18)10-4-6-11(7-5-10)21(3,19)20/h4-8H,1-3H3,(H,14,18)(H,15,16,17)/t8-/m0/s1. The van der Waals surface area contributed by atoms with Crippen LogP contribution in [-0.2, 0) is 9.84 Å². The molecule has 1 aromatic heterocycles. The maximum Gasteiger partial charge on any atom is 0.251 e. The van der Waals surface area contributed by atoms with E-state index in [2.05, 4.69) is 20.5 Å². The Morgan fingerprint density at radius 2 is 1.90 bits per heavy atom. The van der Waals surface area contributed by atoms with Gasteiger partial charge >= 0.3 is 0 Å². The molecule has 0 fully saturated rings. The van der Waals surface area contributed by atoms with Gasteiger partial charge in [0.25, 0.3) is 5.91 Å². The molecule has 112 valence electrons. The Balaban J connectivity index is 2.10. The fraction of sp³-hybridized carbons (Fsp3) is 0.308. The fourth-order valence-corrected chi connectivity index (χ4v) is 2.38. The molecule has 0 unspecified atom stereocenters. The molecular weight excluding hydrogens is 292 g/mol. The van der Waals surface area contributed by atoms with Gasteiger partial charge in [-0.1, -0.05) is 0 Å². The zero-order valence-electron chi connectivity index (χ0n) is 11.9. The molecule has 21 heavy (non-hydrogen) atoms. The van der Waals surface area contributed by atoms with Gasteiger partial charge in [-0.3, -0.25) is 9.89 Å². The van der Waals surface area contributed by atoms with Crippen molar-refractivity contribution >= 4 is 15.7 Å². The molecule has 0 bridgehead atoms. The second-order valence-corrected chi connectivity index (χ2v) is 6.79. The van der Waals surface area contributed by atoms with Gasteiger partial charge in [0.1, 0.15) is 5.82 Å². The van der Waals surface area contributed by atoms with Gasteiger partial charge in [-0.25, -0.2) is 13.4 Å². The first-order valence-electron chi connectivity index (χ1n) is 6.27. The van der Waals surface area contributed by atoms with E-state index in [4.69, 9.17) is 0 Å². The smallest absolute Gasteiger partial charge is 0.251 e. The highest BCUT2D eigenvalue weighted by molar-refractivity contribution is 7.90. The van der Waals surface area contributed by atoms with Crippen molar-refractivity contribution < 1.29 is 13.2 Å². The Labute approximate surface area is 122 Å². The molecule has 2 N–H and O–H groups in total. The summed E-state index contributed by atoms with van der Waals surface area (Å²) in [5.41, 5.74) is 0.376. The lowest BCUT2D eigenvalue weighted by Gasteiger charge is -2.10. The number of sulfone groups is 1. The summed E-state index contributed by atoms with van der Waals surface area (Å²) in [6.07, 6.45) is 1.12. The third-order valence-corrected chi connectivity index (χ3v) is 4.02. The number of amides is 1. The molecule has 1 atom stereocenters. The van der Waals surface area contributed by atoms with Crippen LogP contribution in [0, 0.1) is 6.92 Å². The summed E-state index contributed by atoms with van der Waals surface area (Å²) in [4.78, 5) is 16.4. The van der Waals surface area contributed by atoms with Crippen LogP contribution in [0.4, 0.5) is 0 Å². The van der Waals surface area contributed by atoms with E-state index in [9.17, 15) is 13.2 Å². The van der Waals surface area contributed by atoms with Crippen molar-refractivity contribution in [2.24, 2.45) is 0 Å². The van der Waals surface area contributed by atoms with E-state index in [1.165, 1.54) is 24.3 Å². The summed E-state index contributed by atoms with van der Waals surface area (Å²) in [7, 11) is -3.26. The predicted molar refractivity (Wildman–Crippen MR) is 76.6 cm³/mol. The van der Waals surface area contributed by atoms with E-state index >= 15 is 0 Å². The zero-order valence-corrected chi connectivity index (χ0v) is 12.7. The minimum absolute atomic E-state index is 0.177. The minimum atomic E-state index is -3.26. The van der Waals surface area contributed by atoms with Crippen LogP contribution in [0.3, 0.4) is 0 Å². The Morgan fingerprint density at radius 3 is 2.38 bits per heavy atom. The third-order valence-electron chi connectivity index (χ3n) is 2.89. The van der Waals surface area contributed by atoms with Crippen molar-refractivity contribution in [1.29, 1.82) is 0 Å². The molecule has 0 saturated carbocycles. The molecule has 7 nitrogen and oxygen atoms in total. The van der Waals surface area contributed by atoms with Crippen molar-refractivity contribution in [2.75, 3.05) is 6.26 Å². The van der Waals surface area contributed by atoms with Gasteiger partial charge in [-0.15, -0.1) is 0 Å². The second kappa shape index (κ2) is 5.65. The van der Waals surface area contributed by atoms with E-state index in [-0.39, 0.29) is 16.8 Å². The van der Waals surface area contributed by atoms with Gasteiger partial charge in [0, 0.05) is 11.8 Å². The number of carbonyl (C=O) groups excluding carboxylic acids is 1. The van der Waals surface area contributed by atoms with Crippen LogP contribution in [0.2, 0.25) is 0 Å². The minimum Gasteiger partial charge on any atom is -0.342 e. The van der Waals surface area contributed by atoms with E-state index < -0.39 is 9.84 Å². The molecule has 0 radical (unpaired) electrons. The molecule has 1 amide bonds. The highest BCUT2D eigenvalue weighted by Crippen LogP contribution is 2.12. The molecule has 0 aliphatic heterocycles. The Hall–Kier alpha value is -2.22. The molecule has 0 aliphatic carbocycles. The van der Waals surface area contributed by atoms with Gasteiger partial charge in [-0.05, 0) is 38.1 Å². The number of benzene rings is 1. The van der Waals surface area contributed by atoms with Gasteiger partial charge in [0.2, 0.25) is 0 Å². The van der Waals surface area contributed by atoms with Crippen molar-refractivity contribution in [2.45, 2.75) is 24.8 Å². The number of H-pyrrole nitrogens is 1. The van der Waals surface area contributed by atoms with Crippen LogP contribution in [0.25, 0.3) is 0 Å². The van der Waals surface area contributed by atoms with E-state index in [0.29, 0.717) is 17.2 Å². The van der Waals surface area contributed by atoms with Gasteiger partial charge < -0.3 is 5.32 Å². The number of nitrogens with zero attached hydrogens (tertiary/aromatic N) is 2. The SMILES string of the molecule is Cc1nc([C@H](C)NC(=O)c2ccc(S(C)(=O)=O)cc2)n[nH]1. The molecule has 2 rings (SSSR count). The lowest BCUT2D eigenvalue weighted by Crippen LogP contribution is -2.27. The molecular formula is C13H16N4O3S. The molecule has 8 heteroatoms. The first-order valence-corrected chi connectivity index (χ1v) is 8.16. The highest BCUT2D eigenvalue weighted by atomic mass is 32.2. The predicted octanol–water partition coefficient (Wildman–Crippen LogP) is 1.01. The maximum atomic E-state index is 12.1. The quantitative estimate of drug-likeness (QED) is 0.877. The second-order valence-electron chi connectivity index (χ2n) is 4.77. The maximum absolute atomic E-state index is 12.1. The number of rotatable bonds is 4. The Kier molecular flexibility index (Phi) is 4.08. The number of aromatic nitrogens is 3. The summed E-state index contributed by atoms with van der Waals surface area (Å²) in [6, 6.07) is 5.41. The first-order chi connectivity index (χ1) is 9.77. The summed E-state index contributed by atoms with van der Waals surface area (Å²) in [5, 5.41) is 9.44. The van der Waals surface area contributed by atoms with Crippen molar-refractivity contribution in [3.8, 4) is 0 Å². The summed E-state index contributed by atoms with van der Waals surface area (Å²) in [5.74, 6) is 0.849. The molecule has 0 spiro atoms. The van der Waals surface area contributed by atoms with Gasteiger partial charge in [-0.2, -0.15) is 5.10 Å². The monoisotopic (exact) mass is 308 g/mol. The molecule has 2 aromatic rings. The zero-order chi connectivity index (χ0) is 15.6.